The van der Waals surface area contributed by atoms with E-state index in [2.05, 4.69) is 28.5 Å². The topological polar surface area (TPSA) is 57.6 Å². The van der Waals surface area contributed by atoms with E-state index < -0.39 is 5.67 Å². The highest BCUT2D eigenvalue weighted by Crippen LogP contribution is 2.25. The number of hydrogen-bond acceptors (Lipinski definition) is 4. The third-order valence-corrected chi connectivity index (χ3v) is 4.71. The van der Waals surface area contributed by atoms with Gasteiger partial charge in [-0.1, -0.05) is 19.2 Å². The van der Waals surface area contributed by atoms with E-state index in [1.165, 1.54) is 19.9 Å². The van der Waals surface area contributed by atoms with Gasteiger partial charge in [-0.2, -0.15) is 0 Å². The number of pyridine rings is 1. The van der Waals surface area contributed by atoms with Crippen LogP contribution in [0.3, 0.4) is 0 Å². The molecule has 1 aromatic heterocycles. The fourth-order valence-corrected chi connectivity index (χ4v) is 3.14. The lowest BCUT2D eigenvalue weighted by molar-refractivity contribution is -0.127. The number of allylic oxidation sites excluding steroid dienone is 2. The first kappa shape index (κ1) is 21.5. The third-order valence-electron chi connectivity index (χ3n) is 4.71. The van der Waals surface area contributed by atoms with Crippen LogP contribution in [0, 0.1) is 5.92 Å². The molecular formula is C22H29FN4O. The van der Waals surface area contributed by atoms with E-state index in [1.54, 1.807) is 29.4 Å². The van der Waals surface area contributed by atoms with Crippen molar-refractivity contribution in [3.05, 3.63) is 61.2 Å². The van der Waals surface area contributed by atoms with Gasteiger partial charge >= 0.3 is 0 Å². The molecule has 2 rings (SSSR count). The predicted molar refractivity (Wildman–Crippen MR) is 113 cm³/mol. The van der Waals surface area contributed by atoms with Crippen LogP contribution < -0.4 is 5.32 Å². The summed E-state index contributed by atoms with van der Waals surface area (Å²) in [6, 6.07) is 3.45. The van der Waals surface area contributed by atoms with Crippen molar-refractivity contribution in [3.8, 4) is 0 Å². The SMILES string of the molecule is C=CC(=O)N1CCC(C(=N/C=C\C)C(=C)Nc2ccc(C(C)(C)F)nc2)CC1. The molecule has 6 heteroatoms. The van der Waals surface area contributed by atoms with Crippen LogP contribution in [0.5, 0.6) is 0 Å². The lowest BCUT2D eigenvalue weighted by Gasteiger charge is -2.32. The van der Waals surface area contributed by atoms with Gasteiger partial charge in [0.05, 0.1) is 29.0 Å². The number of halogens is 1. The molecule has 0 aliphatic carbocycles. The van der Waals surface area contributed by atoms with Gasteiger partial charge < -0.3 is 10.2 Å². The van der Waals surface area contributed by atoms with E-state index >= 15 is 0 Å². The highest BCUT2D eigenvalue weighted by Gasteiger charge is 2.26. The summed E-state index contributed by atoms with van der Waals surface area (Å²) in [5, 5.41) is 3.23. The Balaban J connectivity index is 2.10. The number of aromatic nitrogens is 1. The average molecular weight is 384 g/mol. The number of carbonyl (C=O) groups is 1. The van der Waals surface area contributed by atoms with Gasteiger partial charge in [-0.25, -0.2) is 4.39 Å². The molecule has 28 heavy (non-hydrogen) atoms. The molecule has 1 aliphatic rings. The Morgan fingerprint density at radius 3 is 2.57 bits per heavy atom. The van der Waals surface area contributed by atoms with Gasteiger partial charge in [0.2, 0.25) is 5.91 Å². The lowest BCUT2D eigenvalue weighted by Crippen LogP contribution is -2.40. The summed E-state index contributed by atoms with van der Waals surface area (Å²) in [5.74, 6) is 0.159. The van der Waals surface area contributed by atoms with Crippen molar-refractivity contribution in [2.24, 2.45) is 10.9 Å². The monoisotopic (exact) mass is 384 g/mol. The summed E-state index contributed by atoms with van der Waals surface area (Å²) in [7, 11) is 0. The van der Waals surface area contributed by atoms with Crippen LogP contribution in [-0.2, 0) is 10.5 Å². The smallest absolute Gasteiger partial charge is 0.245 e. The molecule has 0 saturated carbocycles. The second-order valence-electron chi connectivity index (χ2n) is 7.31. The number of amides is 1. The fourth-order valence-electron chi connectivity index (χ4n) is 3.14. The van der Waals surface area contributed by atoms with Gasteiger partial charge in [0, 0.05) is 25.2 Å². The average Bonchev–Trinajstić information content (AvgIpc) is 2.68. The molecule has 0 bridgehead atoms. The molecule has 1 amide bonds. The van der Waals surface area contributed by atoms with E-state index in [4.69, 9.17) is 0 Å². The quantitative estimate of drug-likeness (QED) is 0.552. The number of rotatable bonds is 7. The normalized spacial score (nSPS) is 16.3. The first-order valence-electron chi connectivity index (χ1n) is 9.48. The number of hydrogen-bond donors (Lipinski definition) is 1. The largest absolute Gasteiger partial charge is 0.353 e. The van der Waals surface area contributed by atoms with Crippen molar-refractivity contribution in [1.82, 2.24) is 9.88 Å². The summed E-state index contributed by atoms with van der Waals surface area (Å²) in [6.07, 6.45) is 8.18. The van der Waals surface area contributed by atoms with Crippen molar-refractivity contribution < 1.29 is 9.18 Å². The molecular weight excluding hydrogens is 355 g/mol. The first-order valence-corrected chi connectivity index (χ1v) is 9.48. The molecule has 1 N–H and O–H groups in total. The highest BCUT2D eigenvalue weighted by molar-refractivity contribution is 6.04. The van der Waals surface area contributed by atoms with Crippen LogP contribution >= 0.6 is 0 Å². The first-order chi connectivity index (χ1) is 13.3. The van der Waals surface area contributed by atoms with Gasteiger partial charge in [-0.3, -0.25) is 14.8 Å². The molecule has 0 atom stereocenters. The number of anilines is 1. The maximum absolute atomic E-state index is 14.0. The predicted octanol–water partition coefficient (Wildman–Crippen LogP) is 4.61. The van der Waals surface area contributed by atoms with Crippen LogP contribution in [0.25, 0.3) is 0 Å². The molecule has 150 valence electrons. The molecule has 2 heterocycles. The number of nitrogens with one attached hydrogen (secondary N) is 1. The summed E-state index contributed by atoms with van der Waals surface area (Å²) in [6.45, 7) is 13.9. The minimum Gasteiger partial charge on any atom is -0.353 e. The van der Waals surface area contributed by atoms with E-state index in [0.717, 1.165) is 24.2 Å². The summed E-state index contributed by atoms with van der Waals surface area (Å²) in [4.78, 5) is 22.4. The molecule has 0 spiro atoms. The number of piperidine rings is 1. The van der Waals surface area contributed by atoms with Crippen molar-refractivity contribution in [3.63, 3.8) is 0 Å². The van der Waals surface area contributed by atoms with E-state index in [-0.39, 0.29) is 11.8 Å². The maximum Gasteiger partial charge on any atom is 0.245 e. The van der Waals surface area contributed by atoms with E-state index in [9.17, 15) is 9.18 Å². The van der Waals surface area contributed by atoms with Crippen LogP contribution in [0.15, 0.2) is 60.5 Å². The van der Waals surface area contributed by atoms with Gasteiger partial charge in [-0.15, -0.1) is 0 Å². The summed E-state index contributed by atoms with van der Waals surface area (Å²) >= 11 is 0. The Morgan fingerprint density at radius 2 is 2.07 bits per heavy atom. The zero-order valence-electron chi connectivity index (χ0n) is 16.9. The molecule has 0 aromatic carbocycles. The van der Waals surface area contributed by atoms with Crippen molar-refractivity contribution >= 4 is 17.3 Å². The Bertz CT molecular complexity index is 767. The van der Waals surface area contributed by atoms with Gasteiger partial charge in [0.15, 0.2) is 0 Å². The Hall–Kier alpha value is -2.76. The lowest BCUT2D eigenvalue weighted by atomic mass is 9.90. The standard InChI is InChI=1S/C22H29FN4O/c1-6-12-24-21(17-10-13-27(14-11-17)20(28)7-2)16(3)26-18-8-9-19(25-15-18)22(4,5)23/h6-9,12,15,17,26H,2-3,10-11,13-14H2,1,4-5H3/b12-6-,24-21?. The molecule has 1 aliphatic heterocycles. The van der Waals surface area contributed by atoms with Crippen LogP contribution in [0.2, 0.25) is 0 Å². The summed E-state index contributed by atoms with van der Waals surface area (Å²) in [5.41, 5.74) is 1.17. The van der Waals surface area contributed by atoms with E-state index in [1.807, 2.05) is 13.0 Å². The van der Waals surface area contributed by atoms with Crippen LogP contribution in [-0.4, -0.2) is 34.6 Å². The number of likely N-dealkylation sites (tertiary alicyclic amines) is 1. The van der Waals surface area contributed by atoms with Crippen molar-refractivity contribution in [1.29, 1.82) is 0 Å². The second kappa shape index (κ2) is 9.44. The Kier molecular flexibility index (Phi) is 7.26. The number of alkyl halides is 1. The van der Waals surface area contributed by atoms with Gasteiger partial charge in [0.1, 0.15) is 5.67 Å². The summed E-state index contributed by atoms with van der Waals surface area (Å²) < 4.78 is 14.0. The fraction of sp³-hybridized carbons (Fsp3) is 0.409. The second-order valence-corrected chi connectivity index (χ2v) is 7.31. The minimum atomic E-state index is -1.48. The number of nitrogens with zero attached hydrogens (tertiary/aromatic N) is 3. The number of aliphatic imine (C=N–C) groups is 1. The zero-order valence-corrected chi connectivity index (χ0v) is 16.9. The van der Waals surface area contributed by atoms with E-state index in [0.29, 0.717) is 24.5 Å². The van der Waals surface area contributed by atoms with Crippen molar-refractivity contribution in [2.75, 3.05) is 18.4 Å². The Morgan fingerprint density at radius 1 is 1.39 bits per heavy atom. The van der Waals surface area contributed by atoms with Crippen LogP contribution in [0.4, 0.5) is 10.1 Å². The molecule has 0 unspecified atom stereocenters. The highest BCUT2D eigenvalue weighted by atomic mass is 19.1. The third kappa shape index (κ3) is 5.62. The van der Waals surface area contributed by atoms with Crippen molar-refractivity contribution in [2.45, 2.75) is 39.3 Å². The molecule has 1 fully saturated rings. The molecule has 0 radical (unpaired) electrons. The Labute approximate surface area is 166 Å². The van der Waals surface area contributed by atoms with Crippen LogP contribution in [0.1, 0.15) is 39.3 Å². The number of carbonyl (C=O) groups excluding carboxylic acids is 1. The molecule has 5 nitrogen and oxygen atoms in total. The van der Waals surface area contributed by atoms with Gasteiger partial charge in [-0.05, 0) is 51.8 Å². The minimum absolute atomic E-state index is 0.0377. The zero-order chi connectivity index (χ0) is 20.7. The maximum atomic E-state index is 14.0. The molecule has 1 saturated heterocycles. The molecule has 1 aromatic rings. The van der Waals surface area contributed by atoms with Gasteiger partial charge in [0.25, 0.3) is 0 Å².